The highest BCUT2D eigenvalue weighted by Gasteiger charge is 2.21. The Balaban J connectivity index is 3.43. The van der Waals surface area contributed by atoms with Crippen LogP contribution in [0.15, 0.2) is 16.6 Å². The number of nitro benzene ring substituents is 1. The zero-order chi connectivity index (χ0) is 12.3. The Morgan fingerprint density at radius 2 is 2.25 bits per heavy atom. The average Bonchev–Trinajstić information content (AvgIpc) is 2.28. The third-order valence-corrected chi connectivity index (χ3v) is 2.96. The molecule has 1 rings (SSSR count). The number of nitrogens with zero attached hydrogens (tertiary/aromatic N) is 1. The van der Waals surface area contributed by atoms with E-state index in [2.05, 4.69) is 15.9 Å². The number of hydrogen-bond donors (Lipinski definition) is 0. The Morgan fingerprint density at radius 1 is 1.62 bits per heavy atom. The number of carbonyl (C=O) groups is 1. The Hall–Kier alpha value is -1.14. The molecular weight excluding hydrogens is 301 g/mol. The highest BCUT2D eigenvalue weighted by Crippen LogP contribution is 2.33. The van der Waals surface area contributed by atoms with Crippen molar-refractivity contribution in [1.29, 1.82) is 0 Å². The lowest BCUT2D eigenvalue weighted by Crippen LogP contribution is -2.04. The summed E-state index contributed by atoms with van der Waals surface area (Å²) in [7, 11) is 1.36. The molecular formula is C9H7BrClNO4. The van der Waals surface area contributed by atoms with E-state index in [-0.39, 0.29) is 27.4 Å². The molecule has 0 heterocycles. The molecule has 7 heteroatoms. The smallest absolute Gasteiger partial charge is 0.287 e. The number of nitro groups is 1. The number of benzene rings is 1. The summed E-state index contributed by atoms with van der Waals surface area (Å²) in [5, 5.41) is 10.7. The van der Waals surface area contributed by atoms with Crippen LogP contribution in [0.2, 0.25) is 0 Å². The summed E-state index contributed by atoms with van der Waals surface area (Å²) in [6.45, 7) is 0. The number of carbonyl (C=O) groups excluding carboxylic acids is 1. The van der Waals surface area contributed by atoms with Gasteiger partial charge in [-0.15, -0.1) is 11.6 Å². The van der Waals surface area contributed by atoms with E-state index in [0.29, 0.717) is 0 Å². The van der Waals surface area contributed by atoms with Crippen LogP contribution in [-0.4, -0.2) is 23.7 Å². The molecule has 16 heavy (non-hydrogen) atoms. The van der Waals surface area contributed by atoms with Crippen molar-refractivity contribution >= 4 is 39.0 Å². The van der Waals surface area contributed by atoms with Gasteiger partial charge in [0.2, 0.25) is 0 Å². The van der Waals surface area contributed by atoms with Crippen LogP contribution in [0.3, 0.4) is 0 Å². The molecule has 0 spiro atoms. The van der Waals surface area contributed by atoms with Gasteiger partial charge >= 0.3 is 0 Å². The van der Waals surface area contributed by atoms with E-state index in [9.17, 15) is 14.9 Å². The molecule has 0 N–H and O–H groups in total. The highest BCUT2D eigenvalue weighted by molar-refractivity contribution is 9.10. The maximum atomic E-state index is 11.4. The fraction of sp³-hybridized carbons (Fsp3) is 0.222. The van der Waals surface area contributed by atoms with E-state index in [1.165, 1.54) is 19.2 Å². The van der Waals surface area contributed by atoms with Crippen molar-refractivity contribution in [3.63, 3.8) is 0 Å². The first-order chi connectivity index (χ1) is 7.51. The topological polar surface area (TPSA) is 69.4 Å². The number of ether oxygens (including phenoxy) is 1. The Bertz CT molecular complexity index is 449. The van der Waals surface area contributed by atoms with Gasteiger partial charge < -0.3 is 4.74 Å². The fourth-order valence-corrected chi connectivity index (χ4v) is 1.85. The van der Waals surface area contributed by atoms with Gasteiger partial charge in [0.1, 0.15) is 10.2 Å². The summed E-state index contributed by atoms with van der Waals surface area (Å²) >= 11 is 8.41. The van der Waals surface area contributed by atoms with Crippen molar-refractivity contribution in [2.45, 2.75) is 0 Å². The minimum Gasteiger partial charge on any atom is -0.496 e. The van der Waals surface area contributed by atoms with E-state index in [4.69, 9.17) is 16.3 Å². The quantitative estimate of drug-likeness (QED) is 0.371. The number of rotatable bonds is 4. The first-order valence-electron chi connectivity index (χ1n) is 4.12. The van der Waals surface area contributed by atoms with Crippen LogP contribution in [0.1, 0.15) is 10.4 Å². The molecule has 0 aromatic heterocycles. The van der Waals surface area contributed by atoms with Gasteiger partial charge in [-0.2, -0.15) is 0 Å². The van der Waals surface area contributed by atoms with Crippen molar-refractivity contribution in [2.24, 2.45) is 0 Å². The number of Topliss-reactive ketones (excluding diaryl/α,β-unsaturated/α-hetero) is 1. The number of alkyl halides is 1. The molecule has 0 bridgehead atoms. The largest absolute Gasteiger partial charge is 0.496 e. The summed E-state index contributed by atoms with van der Waals surface area (Å²) in [5.74, 6) is -0.415. The molecule has 0 aliphatic heterocycles. The van der Waals surface area contributed by atoms with Crippen molar-refractivity contribution < 1.29 is 14.5 Å². The van der Waals surface area contributed by atoms with E-state index in [0.717, 1.165) is 0 Å². The van der Waals surface area contributed by atoms with E-state index < -0.39 is 10.7 Å². The summed E-state index contributed by atoms with van der Waals surface area (Å²) < 4.78 is 4.99. The molecule has 0 saturated heterocycles. The second-order valence-corrected chi connectivity index (χ2v) is 3.88. The van der Waals surface area contributed by atoms with E-state index in [1.807, 2.05) is 0 Å². The number of hydrogen-bond acceptors (Lipinski definition) is 4. The first kappa shape index (κ1) is 12.9. The summed E-state index contributed by atoms with van der Waals surface area (Å²) in [4.78, 5) is 21.6. The first-order valence-corrected chi connectivity index (χ1v) is 5.45. The van der Waals surface area contributed by atoms with Crippen LogP contribution in [0.25, 0.3) is 0 Å². The number of halogens is 2. The van der Waals surface area contributed by atoms with Crippen LogP contribution in [0.5, 0.6) is 5.75 Å². The molecule has 0 unspecified atom stereocenters. The molecule has 0 amide bonds. The van der Waals surface area contributed by atoms with Gasteiger partial charge in [0.05, 0.1) is 24.0 Å². The second kappa shape index (κ2) is 5.27. The third kappa shape index (κ3) is 2.51. The summed E-state index contributed by atoms with van der Waals surface area (Å²) in [6.07, 6.45) is 0. The van der Waals surface area contributed by atoms with Crippen LogP contribution in [-0.2, 0) is 0 Å². The number of ketones is 1. The van der Waals surface area contributed by atoms with E-state index >= 15 is 0 Å². The average molecular weight is 309 g/mol. The molecule has 0 aliphatic carbocycles. The zero-order valence-corrected chi connectivity index (χ0v) is 10.5. The molecule has 0 fully saturated rings. The van der Waals surface area contributed by atoms with Gasteiger partial charge in [-0.05, 0) is 22.0 Å². The molecule has 5 nitrogen and oxygen atoms in total. The standard InChI is InChI=1S/C9H7BrClNO4/c1-16-5-2-6(8(13)4-11)9(10)7(3-5)12(14)15/h2-3H,4H2,1H3. The second-order valence-electron chi connectivity index (χ2n) is 2.82. The molecule has 1 aromatic rings. The van der Waals surface area contributed by atoms with E-state index in [1.54, 1.807) is 0 Å². The van der Waals surface area contributed by atoms with Gasteiger partial charge in [-0.25, -0.2) is 0 Å². The minimum atomic E-state index is -0.600. The highest BCUT2D eigenvalue weighted by atomic mass is 79.9. The van der Waals surface area contributed by atoms with Crippen LogP contribution >= 0.6 is 27.5 Å². The fourth-order valence-electron chi connectivity index (χ4n) is 1.11. The van der Waals surface area contributed by atoms with Crippen LogP contribution in [0.4, 0.5) is 5.69 Å². The Kier molecular flexibility index (Phi) is 4.26. The maximum absolute atomic E-state index is 11.4. The lowest BCUT2D eigenvalue weighted by Gasteiger charge is -2.06. The normalized spacial score (nSPS) is 9.94. The van der Waals surface area contributed by atoms with Gasteiger partial charge in [-0.1, -0.05) is 0 Å². The van der Waals surface area contributed by atoms with Crippen molar-refractivity contribution in [2.75, 3.05) is 13.0 Å². The van der Waals surface area contributed by atoms with Crippen molar-refractivity contribution in [1.82, 2.24) is 0 Å². The molecule has 0 radical (unpaired) electrons. The summed E-state index contributed by atoms with van der Waals surface area (Å²) in [5.41, 5.74) is -0.0890. The zero-order valence-electron chi connectivity index (χ0n) is 8.20. The summed E-state index contributed by atoms with van der Waals surface area (Å²) in [6, 6.07) is 2.64. The predicted molar refractivity (Wildman–Crippen MR) is 62.4 cm³/mol. The monoisotopic (exact) mass is 307 g/mol. The molecule has 0 aliphatic rings. The Labute approximate surface area is 105 Å². The molecule has 0 saturated carbocycles. The lowest BCUT2D eigenvalue weighted by atomic mass is 10.1. The molecule has 1 aromatic carbocycles. The Morgan fingerprint density at radius 3 is 2.69 bits per heavy atom. The van der Waals surface area contributed by atoms with Gasteiger partial charge in [0.25, 0.3) is 5.69 Å². The van der Waals surface area contributed by atoms with Crippen molar-refractivity contribution in [3.05, 3.63) is 32.3 Å². The lowest BCUT2D eigenvalue weighted by molar-refractivity contribution is -0.385. The molecule has 86 valence electrons. The van der Waals surface area contributed by atoms with Crippen LogP contribution < -0.4 is 4.74 Å². The third-order valence-electron chi connectivity index (χ3n) is 1.88. The van der Waals surface area contributed by atoms with Crippen LogP contribution in [0, 0.1) is 10.1 Å². The maximum Gasteiger partial charge on any atom is 0.287 e. The molecule has 0 atom stereocenters. The van der Waals surface area contributed by atoms with Gasteiger partial charge in [-0.3, -0.25) is 14.9 Å². The van der Waals surface area contributed by atoms with Gasteiger partial charge in [0, 0.05) is 5.56 Å². The van der Waals surface area contributed by atoms with Gasteiger partial charge in [0.15, 0.2) is 5.78 Å². The SMILES string of the molecule is COc1cc(C(=O)CCl)c(Br)c([N+](=O)[O-])c1. The number of methoxy groups -OCH3 is 1. The minimum absolute atomic E-state index is 0.115. The predicted octanol–water partition coefficient (Wildman–Crippen LogP) is 2.79. The van der Waals surface area contributed by atoms with Crippen molar-refractivity contribution in [3.8, 4) is 5.75 Å².